The Bertz CT molecular complexity index is 1400. The number of amides is 1. The Balaban J connectivity index is 1.39. The average Bonchev–Trinajstić information content (AvgIpc) is 3.23. The molecule has 0 unspecified atom stereocenters. The highest BCUT2D eigenvalue weighted by molar-refractivity contribution is 6.12. The van der Waals surface area contributed by atoms with Gasteiger partial charge < -0.3 is 24.3 Å². The van der Waals surface area contributed by atoms with Gasteiger partial charge in [-0.1, -0.05) is 23.8 Å². The summed E-state index contributed by atoms with van der Waals surface area (Å²) >= 11 is 0. The minimum Gasteiger partial charge on any atom is -0.493 e. The summed E-state index contributed by atoms with van der Waals surface area (Å²) in [5.41, 5.74) is 2.70. The highest BCUT2D eigenvalue weighted by Gasteiger charge is 2.31. The number of carbonyl (C=O) groups excluding carboxylic acids is 2. The Morgan fingerprint density at radius 1 is 1.03 bits per heavy atom. The van der Waals surface area contributed by atoms with Gasteiger partial charge in [-0.3, -0.25) is 4.79 Å². The fourth-order valence-corrected chi connectivity index (χ4v) is 3.36. The monoisotopic (exact) mass is 526 g/mol. The number of aliphatic imine (C=N–C) groups is 1. The van der Waals surface area contributed by atoms with E-state index in [9.17, 15) is 22.8 Å². The Morgan fingerprint density at radius 2 is 1.74 bits per heavy atom. The maximum Gasteiger partial charge on any atom is 0.573 e. The zero-order chi connectivity index (χ0) is 27.3. The van der Waals surface area contributed by atoms with Crippen molar-refractivity contribution in [3.05, 3.63) is 89.1 Å². The number of aryl methyl sites for hydroxylation is 1. The van der Waals surface area contributed by atoms with Gasteiger partial charge in [0.05, 0.1) is 7.11 Å². The minimum atomic E-state index is -4.80. The van der Waals surface area contributed by atoms with E-state index in [0.717, 1.165) is 17.7 Å². The number of rotatable bonds is 8. The molecule has 4 rings (SSSR count). The molecule has 1 aliphatic heterocycles. The molecule has 11 heteroatoms. The van der Waals surface area contributed by atoms with Crippen LogP contribution in [0.25, 0.3) is 6.08 Å². The number of alkyl halides is 3. The summed E-state index contributed by atoms with van der Waals surface area (Å²) < 4.78 is 56.7. The molecule has 0 aliphatic carbocycles. The number of halogens is 3. The molecule has 0 saturated carbocycles. The minimum absolute atomic E-state index is 0.113. The normalized spacial score (nSPS) is 14.1. The topological polar surface area (TPSA) is 95.5 Å². The van der Waals surface area contributed by atoms with Crippen LogP contribution >= 0.6 is 0 Å². The van der Waals surface area contributed by atoms with Gasteiger partial charge in [0.2, 0.25) is 5.90 Å². The van der Waals surface area contributed by atoms with Crippen molar-refractivity contribution >= 4 is 29.5 Å². The smallest absolute Gasteiger partial charge is 0.493 e. The Labute approximate surface area is 215 Å². The first-order valence-corrected chi connectivity index (χ1v) is 11.2. The molecule has 0 bridgehead atoms. The number of cyclic esters (lactones) is 1. The summed E-state index contributed by atoms with van der Waals surface area (Å²) in [4.78, 5) is 28.8. The van der Waals surface area contributed by atoms with Crippen LogP contribution in [0.1, 0.15) is 16.7 Å². The van der Waals surface area contributed by atoms with Crippen LogP contribution in [-0.4, -0.2) is 37.9 Å². The van der Waals surface area contributed by atoms with Gasteiger partial charge in [0.25, 0.3) is 5.91 Å². The molecule has 0 saturated heterocycles. The van der Waals surface area contributed by atoms with E-state index in [0.29, 0.717) is 16.9 Å². The van der Waals surface area contributed by atoms with Gasteiger partial charge in [0, 0.05) is 11.3 Å². The molecule has 196 valence electrons. The van der Waals surface area contributed by atoms with E-state index >= 15 is 0 Å². The van der Waals surface area contributed by atoms with E-state index in [1.54, 1.807) is 18.2 Å². The lowest BCUT2D eigenvalue weighted by atomic mass is 10.1. The first-order chi connectivity index (χ1) is 18.1. The zero-order valence-corrected chi connectivity index (χ0v) is 20.2. The lowest BCUT2D eigenvalue weighted by Gasteiger charge is -2.12. The van der Waals surface area contributed by atoms with Crippen molar-refractivity contribution in [2.75, 3.05) is 19.0 Å². The van der Waals surface area contributed by atoms with Crippen LogP contribution in [0, 0.1) is 6.92 Å². The largest absolute Gasteiger partial charge is 0.573 e. The fourth-order valence-electron chi connectivity index (χ4n) is 3.36. The van der Waals surface area contributed by atoms with Crippen molar-refractivity contribution in [1.29, 1.82) is 0 Å². The molecule has 1 N–H and O–H groups in total. The highest BCUT2D eigenvalue weighted by Crippen LogP contribution is 2.30. The van der Waals surface area contributed by atoms with Gasteiger partial charge in [0.15, 0.2) is 23.8 Å². The lowest BCUT2D eigenvalue weighted by molar-refractivity contribution is -0.274. The quantitative estimate of drug-likeness (QED) is 0.318. The van der Waals surface area contributed by atoms with Crippen molar-refractivity contribution < 1.29 is 41.7 Å². The number of anilines is 1. The predicted molar refractivity (Wildman–Crippen MR) is 132 cm³/mol. The van der Waals surface area contributed by atoms with E-state index < -0.39 is 30.6 Å². The first-order valence-electron chi connectivity index (χ1n) is 11.2. The second-order valence-corrected chi connectivity index (χ2v) is 8.02. The summed E-state index contributed by atoms with van der Waals surface area (Å²) in [5.74, 6) is -0.772. The van der Waals surface area contributed by atoms with Gasteiger partial charge >= 0.3 is 12.3 Å². The van der Waals surface area contributed by atoms with Crippen molar-refractivity contribution in [3.8, 4) is 17.2 Å². The van der Waals surface area contributed by atoms with Crippen molar-refractivity contribution in [1.82, 2.24) is 0 Å². The molecule has 0 aromatic heterocycles. The summed E-state index contributed by atoms with van der Waals surface area (Å²) in [6.45, 7) is 1.55. The summed E-state index contributed by atoms with van der Waals surface area (Å²) in [5, 5.41) is 2.51. The molecular formula is C27H21F3N2O6. The number of hydrogen-bond donors (Lipinski definition) is 1. The summed E-state index contributed by atoms with van der Waals surface area (Å²) in [6.07, 6.45) is -3.27. The molecule has 0 spiro atoms. The maximum absolute atomic E-state index is 12.3. The predicted octanol–water partition coefficient (Wildman–Crippen LogP) is 5.26. The van der Waals surface area contributed by atoms with Crippen LogP contribution in [0.15, 0.2) is 77.4 Å². The number of benzene rings is 3. The molecule has 1 heterocycles. The van der Waals surface area contributed by atoms with E-state index in [1.807, 2.05) is 31.2 Å². The lowest BCUT2D eigenvalue weighted by Crippen LogP contribution is -2.20. The third kappa shape index (κ3) is 6.90. The SMILES string of the molecule is COc1cc(/C=C2/N=C(c3ccc(C)cc3)OC2=O)ccc1OCC(=O)Nc1ccc(OC(F)(F)F)cc1. The molecule has 3 aromatic rings. The Kier molecular flexibility index (Phi) is 7.66. The van der Waals surface area contributed by atoms with Crippen molar-refractivity contribution in [2.45, 2.75) is 13.3 Å². The zero-order valence-electron chi connectivity index (χ0n) is 20.2. The molecule has 0 atom stereocenters. The highest BCUT2D eigenvalue weighted by atomic mass is 19.4. The van der Waals surface area contributed by atoms with Crippen LogP contribution in [-0.2, 0) is 14.3 Å². The molecule has 1 amide bonds. The van der Waals surface area contributed by atoms with Crippen molar-refractivity contribution in [3.63, 3.8) is 0 Å². The van der Waals surface area contributed by atoms with Crippen LogP contribution in [0.2, 0.25) is 0 Å². The van der Waals surface area contributed by atoms with Crippen LogP contribution in [0.4, 0.5) is 18.9 Å². The van der Waals surface area contributed by atoms with Crippen LogP contribution in [0.3, 0.4) is 0 Å². The van der Waals surface area contributed by atoms with Gasteiger partial charge in [-0.05, 0) is 67.1 Å². The van der Waals surface area contributed by atoms with Gasteiger partial charge in [0.1, 0.15) is 5.75 Å². The second-order valence-electron chi connectivity index (χ2n) is 8.02. The van der Waals surface area contributed by atoms with Gasteiger partial charge in [-0.25, -0.2) is 9.79 Å². The Morgan fingerprint density at radius 3 is 2.39 bits per heavy atom. The molecule has 3 aromatic carbocycles. The first kappa shape index (κ1) is 26.3. The second kappa shape index (κ2) is 11.1. The van der Waals surface area contributed by atoms with Crippen molar-refractivity contribution in [2.24, 2.45) is 4.99 Å². The van der Waals surface area contributed by atoms with E-state index in [-0.39, 0.29) is 23.0 Å². The number of esters is 1. The molecular weight excluding hydrogens is 505 g/mol. The number of ether oxygens (including phenoxy) is 4. The molecule has 0 radical (unpaired) electrons. The maximum atomic E-state index is 12.3. The van der Waals surface area contributed by atoms with Crippen LogP contribution in [0.5, 0.6) is 17.2 Å². The molecule has 1 aliphatic rings. The summed E-state index contributed by atoms with van der Waals surface area (Å²) in [7, 11) is 1.42. The van der Waals surface area contributed by atoms with E-state index in [4.69, 9.17) is 14.2 Å². The number of methoxy groups -OCH3 is 1. The Hall–Kier alpha value is -4.80. The van der Waals surface area contributed by atoms with E-state index in [2.05, 4.69) is 15.0 Å². The van der Waals surface area contributed by atoms with Gasteiger partial charge in [-0.2, -0.15) is 0 Å². The number of nitrogens with zero attached hydrogens (tertiary/aromatic N) is 1. The van der Waals surface area contributed by atoms with Crippen LogP contribution < -0.4 is 19.5 Å². The standard InChI is InChI=1S/C27H21F3N2O6/c1-16-3-6-18(7-4-16)25-32-21(26(34)37-25)13-17-5-12-22(23(14-17)35-2)36-15-24(33)31-19-8-10-20(11-9-19)38-27(28,29)30/h3-14H,15H2,1-2H3,(H,31,33)/b21-13+. The summed E-state index contributed by atoms with van der Waals surface area (Å²) in [6, 6.07) is 16.9. The number of carbonyl (C=O) groups is 2. The van der Waals surface area contributed by atoms with E-state index in [1.165, 1.54) is 25.3 Å². The number of nitrogens with one attached hydrogen (secondary N) is 1. The number of hydrogen-bond acceptors (Lipinski definition) is 7. The fraction of sp³-hybridized carbons (Fsp3) is 0.148. The average molecular weight is 526 g/mol. The third-order valence-electron chi connectivity index (χ3n) is 5.14. The third-order valence-corrected chi connectivity index (χ3v) is 5.14. The molecule has 0 fully saturated rings. The van der Waals surface area contributed by atoms with Gasteiger partial charge in [-0.15, -0.1) is 13.2 Å². The molecule has 38 heavy (non-hydrogen) atoms. The molecule has 8 nitrogen and oxygen atoms in total.